The molecule has 0 bridgehead atoms. The maximum atomic E-state index is 12.7. The van der Waals surface area contributed by atoms with Gasteiger partial charge in [-0.3, -0.25) is 14.9 Å². The predicted molar refractivity (Wildman–Crippen MR) is 139 cm³/mol. The second-order valence-corrected chi connectivity index (χ2v) is 10.4. The Morgan fingerprint density at radius 2 is 1.53 bits per heavy atom. The van der Waals surface area contributed by atoms with Gasteiger partial charge in [-0.15, -0.1) is 0 Å². The number of nitro groups is 1. The molecule has 0 aromatic heterocycles. The molecule has 0 radical (unpaired) electrons. The summed E-state index contributed by atoms with van der Waals surface area (Å²) in [5.74, 6) is -1.02. The van der Waals surface area contributed by atoms with Gasteiger partial charge < -0.3 is 19.1 Å². The maximum Gasteiger partial charge on any atom is 0.410 e. The summed E-state index contributed by atoms with van der Waals surface area (Å²) in [6.07, 6.45) is 1.28. The number of hydrogen-bond donors (Lipinski definition) is 0. The Bertz CT molecular complexity index is 1160. The van der Waals surface area contributed by atoms with Gasteiger partial charge in [0.25, 0.3) is 5.69 Å². The highest BCUT2D eigenvalue weighted by Crippen LogP contribution is 2.28. The Morgan fingerprint density at radius 1 is 0.947 bits per heavy atom. The van der Waals surface area contributed by atoms with E-state index in [1.54, 1.807) is 30.9 Å². The molecule has 0 aliphatic carbocycles. The topological polar surface area (TPSA) is 125 Å². The Kier molecular flexibility index (Phi) is 8.75. The van der Waals surface area contributed by atoms with E-state index < -0.39 is 22.1 Å². The number of hydrogen-bond acceptors (Lipinski definition) is 8. The van der Waals surface area contributed by atoms with E-state index in [0.29, 0.717) is 43.7 Å². The van der Waals surface area contributed by atoms with Crippen LogP contribution in [0.25, 0.3) is 0 Å². The number of amides is 1. The van der Waals surface area contributed by atoms with Crippen LogP contribution in [0.4, 0.5) is 10.5 Å². The Morgan fingerprint density at radius 3 is 2.05 bits per heavy atom. The third-order valence-corrected chi connectivity index (χ3v) is 6.73. The van der Waals surface area contributed by atoms with E-state index in [4.69, 9.17) is 14.2 Å². The fourth-order valence-corrected chi connectivity index (χ4v) is 3.86. The minimum atomic E-state index is -1.02. The van der Waals surface area contributed by atoms with E-state index in [9.17, 15) is 24.5 Å². The molecular weight excluding hydrogens is 492 g/mol. The summed E-state index contributed by atoms with van der Waals surface area (Å²) in [5.41, 5.74) is -0.737. The summed E-state index contributed by atoms with van der Waals surface area (Å²) < 4.78 is 16.7. The van der Waals surface area contributed by atoms with Crippen molar-refractivity contribution in [2.24, 2.45) is 5.92 Å². The van der Waals surface area contributed by atoms with Crippen molar-refractivity contribution in [3.8, 4) is 5.75 Å². The molecule has 1 aliphatic rings. The van der Waals surface area contributed by atoms with Gasteiger partial charge in [-0.25, -0.2) is 9.59 Å². The van der Waals surface area contributed by atoms with Gasteiger partial charge >= 0.3 is 18.0 Å². The highest BCUT2D eigenvalue weighted by atomic mass is 16.6. The van der Waals surface area contributed by atoms with Gasteiger partial charge in [0, 0.05) is 25.2 Å². The summed E-state index contributed by atoms with van der Waals surface area (Å²) in [5, 5.41) is 10.9. The first-order chi connectivity index (χ1) is 17.8. The number of piperidine rings is 1. The molecule has 10 heteroatoms. The van der Waals surface area contributed by atoms with Gasteiger partial charge in [-0.05, 0) is 88.9 Å². The summed E-state index contributed by atoms with van der Waals surface area (Å²) in [6.45, 7) is 9.88. The van der Waals surface area contributed by atoms with Gasteiger partial charge in [0.2, 0.25) is 0 Å². The number of nitrogens with zero attached hydrogens (tertiary/aromatic N) is 2. The van der Waals surface area contributed by atoms with Gasteiger partial charge in [0.1, 0.15) is 17.0 Å². The number of benzene rings is 2. The van der Waals surface area contributed by atoms with Crippen LogP contribution >= 0.6 is 0 Å². The van der Waals surface area contributed by atoms with Crippen LogP contribution < -0.4 is 4.74 Å². The van der Waals surface area contributed by atoms with E-state index in [2.05, 4.69) is 0 Å². The highest BCUT2D eigenvalue weighted by molar-refractivity contribution is 5.90. The second-order valence-electron chi connectivity index (χ2n) is 10.4. The number of carbonyl (C=O) groups is 3. The molecule has 1 amide bonds. The predicted octanol–water partition coefficient (Wildman–Crippen LogP) is 5.63. The van der Waals surface area contributed by atoms with E-state index in [-0.39, 0.29) is 29.2 Å². The summed E-state index contributed by atoms with van der Waals surface area (Å²) >= 11 is 0. The molecule has 1 heterocycles. The number of rotatable bonds is 8. The summed E-state index contributed by atoms with van der Waals surface area (Å²) in [4.78, 5) is 49.7. The van der Waals surface area contributed by atoms with E-state index in [1.165, 1.54) is 36.4 Å². The number of ether oxygens (including phenoxy) is 3. The summed E-state index contributed by atoms with van der Waals surface area (Å²) in [6, 6.07) is 11.9. The zero-order valence-electron chi connectivity index (χ0n) is 22.4. The Hall–Kier alpha value is -3.95. The third kappa shape index (κ3) is 7.30. The van der Waals surface area contributed by atoms with Crippen LogP contribution in [0.15, 0.2) is 48.5 Å². The van der Waals surface area contributed by atoms with Crippen molar-refractivity contribution < 1.29 is 33.5 Å². The molecule has 1 fully saturated rings. The fraction of sp³-hybridized carbons (Fsp3) is 0.464. The monoisotopic (exact) mass is 526 g/mol. The van der Waals surface area contributed by atoms with Crippen molar-refractivity contribution in [1.82, 2.24) is 4.90 Å². The van der Waals surface area contributed by atoms with E-state index >= 15 is 0 Å². The largest absolute Gasteiger partial charge is 0.451 e. The van der Waals surface area contributed by atoms with E-state index in [1.807, 2.05) is 20.8 Å². The molecule has 0 spiro atoms. The smallest absolute Gasteiger partial charge is 0.410 e. The zero-order chi connectivity index (χ0) is 28.1. The van der Waals surface area contributed by atoms with Gasteiger partial charge in [-0.2, -0.15) is 0 Å². The lowest BCUT2D eigenvalue weighted by atomic mass is 9.97. The molecule has 2 aromatic carbocycles. The van der Waals surface area contributed by atoms with Crippen LogP contribution in [0.3, 0.4) is 0 Å². The van der Waals surface area contributed by atoms with E-state index in [0.717, 1.165) is 0 Å². The maximum absolute atomic E-state index is 12.7. The molecule has 0 unspecified atom stereocenters. The molecule has 3 rings (SSSR count). The lowest BCUT2D eigenvalue weighted by Gasteiger charge is -2.33. The lowest BCUT2D eigenvalue weighted by molar-refractivity contribution is -0.384. The van der Waals surface area contributed by atoms with Crippen molar-refractivity contribution in [1.29, 1.82) is 0 Å². The minimum Gasteiger partial charge on any atom is -0.451 e. The lowest BCUT2D eigenvalue weighted by Crippen LogP contribution is -2.44. The van der Waals surface area contributed by atoms with Crippen LogP contribution in [0.2, 0.25) is 0 Å². The number of nitro benzene ring substituents is 1. The quantitative estimate of drug-likeness (QED) is 0.188. The number of non-ortho nitro benzene ring substituents is 1. The van der Waals surface area contributed by atoms with Gasteiger partial charge in [0.15, 0.2) is 0 Å². The molecule has 204 valence electrons. The molecule has 10 nitrogen and oxygen atoms in total. The van der Waals surface area contributed by atoms with Crippen molar-refractivity contribution >= 4 is 23.7 Å². The Balaban J connectivity index is 1.52. The Labute approximate surface area is 222 Å². The first-order valence-corrected chi connectivity index (χ1v) is 12.6. The first-order valence-electron chi connectivity index (χ1n) is 12.6. The van der Waals surface area contributed by atoms with Gasteiger partial charge in [0.05, 0.1) is 16.4 Å². The minimum absolute atomic E-state index is 0.0508. The molecular formula is C28H34N2O8. The van der Waals surface area contributed by atoms with Gasteiger partial charge in [-0.1, -0.05) is 6.92 Å². The number of likely N-dealkylation sites (tertiary alicyclic amines) is 1. The molecule has 38 heavy (non-hydrogen) atoms. The van der Waals surface area contributed by atoms with Crippen LogP contribution in [-0.4, -0.2) is 46.5 Å². The SMILES string of the molecule is CCC(C)(C)OC(=O)N1CCC(C(=O)Oc2ccc(C(=O)OC(C)(C)c3ccc([N+](=O)[O-])cc3)cc2)CC1. The van der Waals surface area contributed by atoms with Crippen LogP contribution in [0, 0.1) is 16.0 Å². The van der Waals surface area contributed by atoms with Crippen molar-refractivity contribution in [2.75, 3.05) is 13.1 Å². The highest BCUT2D eigenvalue weighted by Gasteiger charge is 2.32. The first kappa shape index (κ1) is 28.6. The van der Waals surface area contributed by atoms with Crippen LogP contribution in [-0.2, 0) is 19.9 Å². The average molecular weight is 527 g/mol. The molecule has 0 atom stereocenters. The molecule has 2 aromatic rings. The zero-order valence-corrected chi connectivity index (χ0v) is 22.4. The van der Waals surface area contributed by atoms with Crippen molar-refractivity contribution in [3.05, 3.63) is 69.8 Å². The summed E-state index contributed by atoms with van der Waals surface area (Å²) in [7, 11) is 0. The number of carbonyl (C=O) groups excluding carboxylic acids is 3. The van der Waals surface area contributed by atoms with Crippen molar-refractivity contribution in [3.63, 3.8) is 0 Å². The molecule has 0 N–H and O–H groups in total. The van der Waals surface area contributed by atoms with Crippen LogP contribution in [0.5, 0.6) is 5.75 Å². The molecule has 1 aliphatic heterocycles. The fourth-order valence-electron chi connectivity index (χ4n) is 3.86. The average Bonchev–Trinajstić information content (AvgIpc) is 2.88. The normalized spacial score (nSPS) is 14.5. The number of esters is 2. The molecule has 0 saturated carbocycles. The molecule has 1 saturated heterocycles. The third-order valence-electron chi connectivity index (χ3n) is 6.73. The standard InChI is InChI=1S/C28H34N2O8/c1-6-27(2,3)38-26(33)29-17-15-20(16-18-29)24(31)36-23-13-7-19(8-14-23)25(32)37-28(4,5)21-9-11-22(12-10-21)30(34)35/h7-14,20H,6,15-18H2,1-5H3. The second kappa shape index (κ2) is 11.6. The van der Waals surface area contributed by atoms with Crippen molar-refractivity contribution in [2.45, 2.75) is 65.1 Å². The van der Waals surface area contributed by atoms with Crippen LogP contribution in [0.1, 0.15) is 69.8 Å².